The normalized spacial score (nSPS) is 13.1. The molecular weight excluding hydrogens is 284 g/mol. The van der Waals surface area contributed by atoms with Gasteiger partial charge in [0.2, 0.25) is 0 Å². The Labute approximate surface area is 120 Å². The molecular formula is C11H20N4O6. The van der Waals surface area contributed by atoms with Gasteiger partial charge in [0.1, 0.15) is 12.1 Å². The quantitative estimate of drug-likeness (QED) is 0.148. The molecule has 2 atom stereocenters. The van der Waals surface area contributed by atoms with Gasteiger partial charge < -0.3 is 26.8 Å². The van der Waals surface area contributed by atoms with Crippen LogP contribution in [0.3, 0.4) is 0 Å². The Morgan fingerprint density at radius 1 is 1.00 bits per heavy atom. The lowest BCUT2D eigenvalue weighted by Gasteiger charge is -2.19. The first-order valence-electron chi connectivity index (χ1n) is 6.23. The van der Waals surface area contributed by atoms with Crippen molar-refractivity contribution in [3.05, 3.63) is 0 Å². The Balaban J connectivity index is 4.49. The molecule has 0 rings (SSSR count). The predicted molar refractivity (Wildman–Crippen MR) is 72.8 cm³/mol. The highest BCUT2D eigenvalue weighted by Crippen LogP contribution is 2.05. The molecule has 10 heteroatoms. The van der Waals surface area contributed by atoms with Crippen LogP contribution in [0.2, 0.25) is 0 Å². The smallest absolute Gasteiger partial charge is 0.320 e. The number of carboxylic acids is 3. The van der Waals surface area contributed by atoms with Gasteiger partial charge in [0.05, 0.1) is 0 Å². The van der Waals surface area contributed by atoms with Crippen molar-refractivity contribution in [2.75, 3.05) is 6.54 Å². The second-order valence-electron chi connectivity index (χ2n) is 4.33. The number of nitrogens with zero attached hydrogens (tertiary/aromatic N) is 1. The molecule has 21 heavy (non-hydrogen) atoms. The van der Waals surface area contributed by atoms with Crippen molar-refractivity contribution in [3.8, 4) is 0 Å². The zero-order valence-corrected chi connectivity index (χ0v) is 11.4. The predicted octanol–water partition coefficient (Wildman–Crippen LogP) is -1.60. The summed E-state index contributed by atoms with van der Waals surface area (Å²) in [5, 5.41) is 29.0. The Kier molecular flexibility index (Phi) is 8.46. The first-order valence-corrected chi connectivity index (χ1v) is 6.23. The summed E-state index contributed by atoms with van der Waals surface area (Å²) >= 11 is 0. The lowest BCUT2D eigenvalue weighted by atomic mass is 10.1. The summed E-state index contributed by atoms with van der Waals surface area (Å²) in [6.07, 6.45) is -0.122. The summed E-state index contributed by atoms with van der Waals surface area (Å²) in [5.41, 5.74) is 10.2. The summed E-state index contributed by atoms with van der Waals surface area (Å²) in [6.45, 7) is 0.223. The molecule has 0 heterocycles. The van der Waals surface area contributed by atoms with Gasteiger partial charge in [0.15, 0.2) is 5.96 Å². The van der Waals surface area contributed by atoms with Gasteiger partial charge in [-0.05, 0) is 19.3 Å². The molecule has 0 amide bonds. The first kappa shape index (κ1) is 18.6. The molecule has 0 aromatic carbocycles. The van der Waals surface area contributed by atoms with E-state index in [9.17, 15) is 14.4 Å². The molecule has 0 aliphatic carbocycles. The number of rotatable bonds is 11. The van der Waals surface area contributed by atoms with Crippen LogP contribution in [0.1, 0.15) is 25.7 Å². The van der Waals surface area contributed by atoms with Crippen molar-refractivity contribution in [1.29, 1.82) is 0 Å². The van der Waals surface area contributed by atoms with E-state index in [1.54, 1.807) is 0 Å². The summed E-state index contributed by atoms with van der Waals surface area (Å²) in [6, 6.07) is -2.36. The maximum absolute atomic E-state index is 11.1. The molecule has 0 spiro atoms. The van der Waals surface area contributed by atoms with Crippen LogP contribution in [0.15, 0.2) is 4.99 Å². The standard InChI is InChI=1S/C11H20N4O6/c12-11(13)14-5-1-2-6(9(18)19)15-7(10(20)21)3-4-8(16)17/h6-7,15H,1-5H2,(H,16,17)(H,18,19)(H,20,21)(H4,12,13,14)/t6-,7-/m0/s1. The van der Waals surface area contributed by atoms with E-state index in [4.69, 9.17) is 26.8 Å². The number of nitrogens with two attached hydrogens (primary N) is 2. The first-order chi connectivity index (χ1) is 9.73. The lowest BCUT2D eigenvalue weighted by molar-refractivity contribution is -0.143. The van der Waals surface area contributed by atoms with Crippen molar-refractivity contribution in [2.24, 2.45) is 16.5 Å². The maximum atomic E-state index is 11.1. The molecule has 120 valence electrons. The molecule has 0 aromatic rings. The van der Waals surface area contributed by atoms with E-state index in [2.05, 4.69) is 10.3 Å². The molecule has 0 unspecified atom stereocenters. The third-order valence-electron chi connectivity index (χ3n) is 2.59. The molecule has 0 aromatic heterocycles. The number of hydrogen-bond acceptors (Lipinski definition) is 5. The molecule has 10 nitrogen and oxygen atoms in total. The number of aliphatic imine (C=N–C) groups is 1. The second-order valence-corrected chi connectivity index (χ2v) is 4.33. The lowest BCUT2D eigenvalue weighted by Crippen LogP contribution is -2.47. The number of carbonyl (C=O) groups is 3. The zero-order valence-electron chi connectivity index (χ0n) is 11.4. The van der Waals surface area contributed by atoms with Crippen LogP contribution < -0.4 is 16.8 Å². The summed E-state index contributed by atoms with van der Waals surface area (Å²) < 4.78 is 0. The average Bonchev–Trinajstić information content (AvgIpc) is 2.35. The summed E-state index contributed by atoms with van der Waals surface area (Å²) in [5.74, 6) is -3.78. The second kappa shape index (κ2) is 9.53. The number of guanidine groups is 1. The van der Waals surface area contributed by atoms with E-state index < -0.39 is 30.0 Å². The number of carboxylic acid groups (broad SMARTS) is 3. The van der Waals surface area contributed by atoms with Crippen LogP contribution in [0, 0.1) is 0 Å². The van der Waals surface area contributed by atoms with E-state index in [0.29, 0.717) is 6.42 Å². The molecule has 0 aliphatic rings. The van der Waals surface area contributed by atoms with E-state index in [-0.39, 0.29) is 31.8 Å². The Morgan fingerprint density at radius 2 is 1.52 bits per heavy atom. The van der Waals surface area contributed by atoms with Crippen molar-refractivity contribution >= 4 is 23.9 Å². The monoisotopic (exact) mass is 304 g/mol. The van der Waals surface area contributed by atoms with Crippen LogP contribution in [-0.2, 0) is 14.4 Å². The van der Waals surface area contributed by atoms with Gasteiger partial charge in [-0.1, -0.05) is 0 Å². The Hall–Kier alpha value is -2.36. The molecule has 0 radical (unpaired) electrons. The third kappa shape index (κ3) is 9.21. The minimum Gasteiger partial charge on any atom is -0.481 e. The number of hydrogen-bond donors (Lipinski definition) is 6. The largest absolute Gasteiger partial charge is 0.481 e. The van der Waals surface area contributed by atoms with Gasteiger partial charge in [0, 0.05) is 13.0 Å². The van der Waals surface area contributed by atoms with Crippen LogP contribution in [0.25, 0.3) is 0 Å². The fourth-order valence-corrected chi connectivity index (χ4v) is 1.57. The topological polar surface area (TPSA) is 188 Å². The van der Waals surface area contributed by atoms with Gasteiger partial charge in [-0.3, -0.25) is 24.7 Å². The van der Waals surface area contributed by atoms with Crippen molar-refractivity contribution in [3.63, 3.8) is 0 Å². The van der Waals surface area contributed by atoms with E-state index >= 15 is 0 Å². The molecule has 0 aliphatic heterocycles. The molecule has 8 N–H and O–H groups in total. The minimum absolute atomic E-state index is 0.111. The highest BCUT2D eigenvalue weighted by Gasteiger charge is 2.25. The van der Waals surface area contributed by atoms with Crippen LogP contribution in [-0.4, -0.2) is 57.8 Å². The van der Waals surface area contributed by atoms with Crippen molar-refractivity contribution in [1.82, 2.24) is 5.32 Å². The number of nitrogens with one attached hydrogen (secondary N) is 1. The Morgan fingerprint density at radius 3 is 1.95 bits per heavy atom. The third-order valence-corrected chi connectivity index (χ3v) is 2.59. The summed E-state index contributed by atoms with van der Waals surface area (Å²) in [4.78, 5) is 36.2. The SMILES string of the molecule is NC(N)=NCCC[C@H](N[C@@H](CCC(=O)O)C(=O)O)C(=O)O. The van der Waals surface area contributed by atoms with Crippen molar-refractivity contribution in [2.45, 2.75) is 37.8 Å². The summed E-state index contributed by atoms with van der Waals surface area (Å²) in [7, 11) is 0. The molecule has 0 bridgehead atoms. The van der Waals surface area contributed by atoms with Crippen LogP contribution >= 0.6 is 0 Å². The highest BCUT2D eigenvalue weighted by molar-refractivity contribution is 5.78. The van der Waals surface area contributed by atoms with Crippen LogP contribution in [0.5, 0.6) is 0 Å². The fourth-order valence-electron chi connectivity index (χ4n) is 1.57. The van der Waals surface area contributed by atoms with E-state index in [0.717, 1.165) is 0 Å². The van der Waals surface area contributed by atoms with Crippen LogP contribution in [0.4, 0.5) is 0 Å². The molecule has 0 saturated carbocycles. The van der Waals surface area contributed by atoms with Gasteiger partial charge in [-0.2, -0.15) is 0 Å². The molecule has 0 saturated heterocycles. The van der Waals surface area contributed by atoms with E-state index in [1.807, 2.05) is 0 Å². The van der Waals surface area contributed by atoms with Gasteiger partial charge in [-0.15, -0.1) is 0 Å². The van der Waals surface area contributed by atoms with E-state index in [1.165, 1.54) is 0 Å². The average molecular weight is 304 g/mol. The highest BCUT2D eigenvalue weighted by atomic mass is 16.4. The fraction of sp³-hybridized carbons (Fsp3) is 0.636. The Bertz CT molecular complexity index is 408. The zero-order chi connectivity index (χ0) is 16.4. The molecule has 0 fully saturated rings. The van der Waals surface area contributed by atoms with Gasteiger partial charge in [-0.25, -0.2) is 0 Å². The minimum atomic E-state index is -1.30. The maximum Gasteiger partial charge on any atom is 0.320 e. The van der Waals surface area contributed by atoms with Gasteiger partial charge >= 0.3 is 17.9 Å². The number of aliphatic carboxylic acids is 3. The van der Waals surface area contributed by atoms with Crippen molar-refractivity contribution < 1.29 is 29.7 Å². The van der Waals surface area contributed by atoms with Gasteiger partial charge in [0.25, 0.3) is 0 Å².